The Balaban J connectivity index is 2.69. The monoisotopic (exact) mass is 158 g/mol. The Bertz CT molecular complexity index is 199. The maximum absolute atomic E-state index is 5.50. The molecule has 0 unspecified atom stereocenters. The summed E-state index contributed by atoms with van der Waals surface area (Å²) < 4.78 is 4.82. The number of methoxy groups -OCH3 is 1. The molecular weight excluding hydrogens is 152 g/mol. The molecule has 0 amide bonds. The Morgan fingerprint density at radius 3 is 2.80 bits per heavy atom. The molecule has 1 rings (SSSR count). The molecule has 0 N–H and O–H groups in total. The number of halogens is 1. The van der Waals surface area contributed by atoms with Gasteiger partial charge in [0, 0.05) is 7.11 Å². The first-order valence-electron chi connectivity index (χ1n) is 2.78. The molecule has 1 heterocycles. The van der Waals surface area contributed by atoms with Gasteiger partial charge in [0.15, 0.2) is 0 Å². The van der Waals surface area contributed by atoms with E-state index >= 15 is 0 Å². The second-order valence-electron chi connectivity index (χ2n) is 1.76. The molecule has 0 radical (unpaired) electrons. The maximum atomic E-state index is 5.50. The average molecular weight is 159 g/mol. The van der Waals surface area contributed by atoms with Crippen LogP contribution in [0.1, 0.15) is 5.69 Å². The van der Waals surface area contributed by atoms with Crippen molar-refractivity contribution in [2.45, 2.75) is 6.61 Å². The summed E-state index contributed by atoms with van der Waals surface area (Å²) in [5, 5.41) is 0.403. The van der Waals surface area contributed by atoms with Crippen LogP contribution in [0.4, 0.5) is 0 Å². The highest BCUT2D eigenvalue weighted by Crippen LogP contribution is 2.01. The minimum Gasteiger partial charge on any atom is -0.378 e. The van der Waals surface area contributed by atoms with Crippen LogP contribution >= 0.6 is 11.6 Å². The van der Waals surface area contributed by atoms with E-state index in [0.29, 0.717) is 11.8 Å². The van der Waals surface area contributed by atoms with E-state index in [4.69, 9.17) is 16.3 Å². The first-order chi connectivity index (χ1) is 4.83. The van der Waals surface area contributed by atoms with Gasteiger partial charge in [-0.25, -0.2) is 4.98 Å². The van der Waals surface area contributed by atoms with E-state index in [0.717, 1.165) is 5.69 Å². The second kappa shape index (κ2) is 3.49. The third kappa shape index (κ3) is 1.93. The molecule has 0 saturated carbocycles. The third-order valence-electron chi connectivity index (χ3n) is 0.966. The summed E-state index contributed by atoms with van der Waals surface area (Å²) in [6.07, 6.45) is 3.09. The van der Waals surface area contributed by atoms with Gasteiger partial charge in [-0.2, -0.15) is 0 Å². The van der Waals surface area contributed by atoms with Crippen molar-refractivity contribution in [2.24, 2.45) is 0 Å². The van der Waals surface area contributed by atoms with Gasteiger partial charge in [0.1, 0.15) is 5.15 Å². The minimum absolute atomic E-state index is 0.403. The van der Waals surface area contributed by atoms with Gasteiger partial charge in [-0.3, -0.25) is 4.98 Å². The number of aromatic nitrogens is 2. The number of hydrogen-bond donors (Lipinski definition) is 0. The SMILES string of the molecule is COCc1cnc(Cl)cn1. The van der Waals surface area contributed by atoms with Crippen LogP contribution in [0.25, 0.3) is 0 Å². The van der Waals surface area contributed by atoms with E-state index in [1.807, 2.05) is 0 Å². The third-order valence-corrected chi connectivity index (χ3v) is 1.16. The van der Waals surface area contributed by atoms with Crippen molar-refractivity contribution >= 4 is 11.6 Å². The quantitative estimate of drug-likeness (QED) is 0.651. The fourth-order valence-corrected chi connectivity index (χ4v) is 0.659. The van der Waals surface area contributed by atoms with Crippen molar-refractivity contribution in [1.29, 1.82) is 0 Å². The zero-order valence-electron chi connectivity index (χ0n) is 5.54. The standard InChI is InChI=1S/C6H7ClN2O/c1-10-4-5-2-9-6(7)3-8-5/h2-3H,4H2,1H3. The Labute approximate surface area is 64.0 Å². The van der Waals surface area contributed by atoms with Crippen LogP contribution in [0.5, 0.6) is 0 Å². The molecule has 3 nitrogen and oxygen atoms in total. The summed E-state index contributed by atoms with van der Waals surface area (Å²) in [4.78, 5) is 7.77. The highest BCUT2D eigenvalue weighted by molar-refractivity contribution is 6.29. The van der Waals surface area contributed by atoms with Gasteiger partial charge in [0.05, 0.1) is 24.7 Å². The van der Waals surface area contributed by atoms with Crippen molar-refractivity contribution in [3.05, 3.63) is 23.2 Å². The average Bonchev–Trinajstić information content (AvgIpc) is 1.95. The maximum Gasteiger partial charge on any atom is 0.147 e. The Morgan fingerprint density at radius 2 is 2.30 bits per heavy atom. The molecule has 0 atom stereocenters. The van der Waals surface area contributed by atoms with Gasteiger partial charge in [-0.1, -0.05) is 11.6 Å². The number of ether oxygens (including phenoxy) is 1. The van der Waals surface area contributed by atoms with Crippen molar-refractivity contribution in [3.8, 4) is 0 Å². The zero-order chi connectivity index (χ0) is 7.40. The van der Waals surface area contributed by atoms with E-state index in [9.17, 15) is 0 Å². The summed E-state index contributed by atoms with van der Waals surface area (Å²) in [6, 6.07) is 0. The Hall–Kier alpha value is -0.670. The fourth-order valence-electron chi connectivity index (χ4n) is 0.561. The molecule has 0 saturated heterocycles. The lowest BCUT2D eigenvalue weighted by Crippen LogP contribution is -1.92. The summed E-state index contributed by atoms with van der Waals surface area (Å²) in [5.74, 6) is 0. The molecule has 0 bridgehead atoms. The zero-order valence-corrected chi connectivity index (χ0v) is 6.30. The molecule has 54 valence electrons. The van der Waals surface area contributed by atoms with E-state index in [1.54, 1.807) is 13.3 Å². The van der Waals surface area contributed by atoms with Gasteiger partial charge in [-0.15, -0.1) is 0 Å². The largest absolute Gasteiger partial charge is 0.378 e. The molecule has 0 aliphatic heterocycles. The fraction of sp³-hybridized carbons (Fsp3) is 0.333. The van der Waals surface area contributed by atoms with E-state index in [-0.39, 0.29) is 0 Å². The number of rotatable bonds is 2. The first-order valence-corrected chi connectivity index (χ1v) is 3.16. The van der Waals surface area contributed by atoms with Crippen molar-refractivity contribution in [1.82, 2.24) is 9.97 Å². The summed E-state index contributed by atoms with van der Waals surface area (Å²) in [5.41, 5.74) is 0.784. The van der Waals surface area contributed by atoms with Crippen LogP contribution < -0.4 is 0 Å². The van der Waals surface area contributed by atoms with Crippen LogP contribution in [0.3, 0.4) is 0 Å². The molecule has 4 heteroatoms. The van der Waals surface area contributed by atoms with Gasteiger partial charge >= 0.3 is 0 Å². The lowest BCUT2D eigenvalue weighted by Gasteiger charge is -1.95. The normalized spacial score (nSPS) is 9.80. The molecule has 0 spiro atoms. The predicted octanol–water partition coefficient (Wildman–Crippen LogP) is 1.28. The molecule has 0 aliphatic carbocycles. The molecule has 0 aliphatic rings. The number of nitrogens with zero attached hydrogens (tertiary/aromatic N) is 2. The second-order valence-corrected chi connectivity index (χ2v) is 2.15. The first kappa shape index (κ1) is 7.44. The number of hydrogen-bond acceptors (Lipinski definition) is 3. The minimum atomic E-state index is 0.403. The molecular formula is C6H7ClN2O. The van der Waals surface area contributed by atoms with Crippen LogP contribution in [0.15, 0.2) is 12.4 Å². The highest BCUT2D eigenvalue weighted by Gasteiger charge is 1.92. The topological polar surface area (TPSA) is 35.0 Å². The molecule has 1 aromatic rings. The lowest BCUT2D eigenvalue weighted by atomic mass is 10.5. The Morgan fingerprint density at radius 1 is 1.50 bits per heavy atom. The highest BCUT2D eigenvalue weighted by atomic mass is 35.5. The van der Waals surface area contributed by atoms with Crippen molar-refractivity contribution in [2.75, 3.05) is 7.11 Å². The lowest BCUT2D eigenvalue weighted by molar-refractivity contribution is 0.181. The van der Waals surface area contributed by atoms with Crippen molar-refractivity contribution in [3.63, 3.8) is 0 Å². The van der Waals surface area contributed by atoms with Crippen molar-refractivity contribution < 1.29 is 4.74 Å². The summed E-state index contributed by atoms with van der Waals surface area (Å²) in [6.45, 7) is 0.476. The molecule has 1 aromatic heterocycles. The summed E-state index contributed by atoms with van der Waals surface area (Å²) in [7, 11) is 1.61. The molecule has 0 aromatic carbocycles. The molecule has 0 fully saturated rings. The van der Waals surface area contributed by atoms with E-state index in [1.165, 1.54) is 6.20 Å². The van der Waals surface area contributed by atoms with Crippen LogP contribution in [0, 0.1) is 0 Å². The summed E-state index contributed by atoms with van der Waals surface area (Å²) >= 11 is 5.50. The van der Waals surface area contributed by atoms with Crippen LogP contribution in [-0.2, 0) is 11.3 Å². The van der Waals surface area contributed by atoms with Gasteiger partial charge in [-0.05, 0) is 0 Å². The van der Waals surface area contributed by atoms with E-state index in [2.05, 4.69) is 9.97 Å². The van der Waals surface area contributed by atoms with E-state index < -0.39 is 0 Å². The smallest absolute Gasteiger partial charge is 0.147 e. The van der Waals surface area contributed by atoms with Gasteiger partial charge in [0.2, 0.25) is 0 Å². The van der Waals surface area contributed by atoms with Crippen LogP contribution in [-0.4, -0.2) is 17.1 Å². The van der Waals surface area contributed by atoms with Crippen LogP contribution in [0.2, 0.25) is 5.15 Å². The van der Waals surface area contributed by atoms with Gasteiger partial charge in [0.25, 0.3) is 0 Å². The van der Waals surface area contributed by atoms with Gasteiger partial charge < -0.3 is 4.74 Å². The predicted molar refractivity (Wildman–Crippen MR) is 37.8 cm³/mol. The molecule has 10 heavy (non-hydrogen) atoms. The Kier molecular flexibility index (Phi) is 2.59.